The van der Waals surface area contributed by atoms with E-state index in [-0.39, 0.29) is 38.5 Å². The van der Waals surface area contributed by atoms with Crippen molar-refractivity contribution in [2.75, 3.05) is 33.4 Å². The summed E-state index contributed by atoms with van der Waals surface area (Å²) in [6.45, 7) is 2.92. The molecule has 148 valence electrons. The van der Waals surface area contributed by atoms with Crippen molar-refractivity contribution in [3.63, 3.8) is 0 Å². The van der Waals surface area contributed by atoms with Crippen LogP contribution < -0.4 is 4.72 Å². The van der Waals surface area contributed by atoms with Crippen LogP contribution in [-0.4, -0.2) is 77.0 Å². The van der Waals surface area contributed by atoms with Crippen molar-refractivity contribution in [3.8, 4) is 0 Å². The minimum Gasteiger partial charge on any atom is -0.474 e. The molecule has 0 unspecified atom stereocenters. The molecule has 0 bridgehead atoms. The Kier molecular flexibility index (Phi) is 12.0. The van der Waals surface area contributed by atoms with E-state index in [9.17, 15) is 24.0 Å². The van der Waals surface area contributed by atoms with Crippen LogP contribution in [0, 0.1) is 0 Å². The molecule has 2 amide bonds. The lowest BCUT2D eigenvalue weighted by Gasteiger charge is -2.23. The Morgan fingerprint density at radius 2 is 1.50 bits per heavy atom. The van der Waals surface area contributed by atoms with Crippen LogP contribution in [0.2, 0.25) is 0 Å². The molecule has 0 spiro atoms. The molecule has 0 aliphatic heterocycles. The molecule has 12 nitrogen and oxygen atoms in total. The van der Waals surface area contributed by atoms with Gasteiger partial charge in [-0.25, -0.2) is 18.2 Å². The van der Waals surface area contributed by atoms with E-state index in [0.717, 1.165) is 4.31 Å². The van der Waals surface area contributed by atoms with E-state index in [4.69, 9.17) is 14.6 Å². The quantitative estimate of drug-likeness (QED) is 0.211. The molecule has 0 aliphatic rings. The zero-order valence-corrected chi connectivity index (χ0v) is 15.9. The first-order chi connectivity index (χ1) is 12.2. The van der Waals surface area contributed by atoms with Crippen molar-refractivity contribution in [2.45, 2.75) is 13.8 Å². The van der Waals surface area contributed by atoms with Gasteiger partial charge in [0, 0.05) is 19.2 Å². The SMILES string of the molecule is CCOC(=O)CN(CC(=O)OCC)SN(C)C(=O)OSNC(=O)C(=O)O. The lowest BCUT2D eigenvalue weighted by Crippen LogP contribution is -2.35. The van der Waals surface area contributed by atoms with Gasteiger partial charge in [0.05, 0.1) is 13.2 Å². The topological polar surface area (TPSA) is 152 Å². The third kappa shape index (κ3) is 10.6. The summed E-state index contributed by atoms with van der Waals surface area (Å²) in [7, 11) is 1.27. The number of ether oxygens (including phenoxy) is 2. The van der Waals surface area contributed by atoms with Crippen molar-refractivity contribution < 1.29 is 42.7 Å². The number of aliphatic carboxylic acids is 1. The van der Waals surface area contributed by atoms with Gasteiger partial charge in [-0.05, 0) is 13.8 Å². The fraction of sp³-hybridized carbons (Fsp3) is 0.583. The second-order valence-corrected chi connectivity index (χ2v) is 5.92. The number of carboxylic acid groups (broad SMARTS) is 1. The number of carbonyl (C=O) groups is 5. The van der Waals surface area contributed by atoms with Gasteiger partial charge in [0.2, 0.25) is 0 Å². The van der Waals surface area contributed by atoms with Gasteiger partial charge in [-0.2, -0.15) is 0 Å². The highest BCUT2D eigenvalue weighted by Gasteiger charge is 2.23. The normalized spacial score (nSPS) is 10.0. The summed E-state index contributed by atoms with van der Waals surface area (Å²) in [5.74, 6) is -4.35. The molecule has 2 N–H and O–H groups in total. The Labute approximate surface area is 158 Å². The van der Waals surface area contributed by atoms with Crippen molar-refractivity contribution in [1.29, 1.82) is 0 Å². The number of hydrogen-bond acceptors (Lipinski definition) is 11. The maximum atomic E-state index is 11.8. The number of amides is 2. The highest BCUT2D eigenvalue weighted by molar-refractivity contribution is 7.95. The van der Waals surface area contributed by atoms with Crippen molar-refractivity contribution >= 4 is 54.3 Å². The summed E-state index contributed by atoms with van der Waals surface area (Å²) >= 11 is 0.785. The molecule has 0 aliphatic carbocycles. The van der Waals surface area contributed by atoms with Gasteiger partial charge in [-0.1, -0.05) is 0 Å². The summed E-state index contributed by atoms with van der Waals surface area (Å²) in [6.07, 6.45) is -0.983. The van der Waals surface area contributed by atoms with Crippen molar-refractivity contribution in [1.82, 2.24) is 13.3 Å². The van der Waals surface area contributed by atoms with Gasteiger partial charge < -0.3 is 18.8 Å². The second-order valence-electron chi connectivity index (χ2n) is 4.16. The van der Waals surface area contributed by atoms with Gasteiger partial charge in [0.15, 0.2) is 12.2 Å². The number of carbonyl (C=O) groups excluding carboxylic acids is 4. The first kappa shape index (κ1) is 23.8. The van der Waals surface area contributed by atoms with Gasteiger partial charge >= 0.3 is 29.9 Å². The maximum Gasteiger partial charge on any atom is 0.434 e. The summed E-state index contributed by atoms with van der Waals surface area (Å²) in [6, 6.07) is 0. The predicted octanol–water partition coefficient (Wildman–Crippen LogP) is -0.190. The Morgan fingerprint density at radius 3 is 1.92 bits per heavy atom. The molecule has 0 saturated heterocycles. The molecule has 0 rings (SSSR count). The lowest BCUT2D eigenvalue weighted by atomic mass is 10.5. The molecule has 0 heterocycles. The summed E-state index contributed by atoms with van der Waals surface area (Å²) in [4.78, 5) is 56.0. The minimum atomic E-state index is -1.74. The minimum absolute atomic E-state index is 0.111. The highest BCUT2D eigenvalue weighted by Crippen LogP contribution is 2.17. The van der Waals surface area contributed by atoms with Gasteiger partial charge in [-0.3, -0.25) is 19.1 Å². The molecule has 0 radical (unpaired) electrons. The van der Waals surface area contributed by atoms with Gasteiger partial charge in [-0.15, -0.1) is 0 Å². The van der Waals surface area contributed by atoms with Crippen molar-refractivity contribution in [2.24, 2.45) is 0 Å². The number of esters is 2. The van der Waals surface area contributed by atoms with E-state index in [1.165, 1.54) is 11.4 Å². The van der Waals surface area contributed by atoms with E-state index in [1.807, 2.05) is 0 Å². The number of nitrogens with zero attached hydrogens (tertiary/aromatic N) is 2. The number of nitrogens with one attached hydrogen (secondary N) is 1. The third-order valence-electron chi connectivity index (χ3n) is 2.16. The average Bonchev–Trinajstić information content (AvgIpc) is 2.54. The Balaban J connectivity index is 4.61. The largest absolute Gasteiger partial charge is 0.474 e. The first-order valence-corrected chi connectivity index (χ1v) is 8.57. The Hall–Kier alpha value is -2.19. The smallest absolute Gasteiger partial charge is 0.434 e. The van der Waals surface area contributed by atoms with Crippen LogP contribution in [0.1, 0.15) is 13.8 Å². The second kappa shape index (κ2) is 13.1. The molecule has 0 aromatic carbocycles. The first-order valence-electron chi connectivity index (χ1n) is 7.09. The molecule has 26 heavy (non-hydrogen) atoms. The number of carboxylic acids is 1. The number of rotatable bonds is 10. The Bertz CT molecular complexity index is 512. The summed E-state index contributed by atoms with van der Waals surface area (Å²) < 4.78 is 18.0. The van der Waals surface area contributed by atoms with E-state index in [1.54, 1.807) is 18.6 Å². The monoisotopic (exact) mass is 413 g/mol. The maximum absolute atomic E-state index is 11.8. The summed E-state index contributed by atoms with van der Waals surface area (Å²) in [5.41, 5.74) is 0. The highest BCUT2D eigenvalue weighted by atomic mass is 32.2. The van der Waals surface area contributed by atoms with Crippen LogP contribution in [0.5, 0.6) is 0 Å². The zero-order valence-electron chi connectivity index (χ0n) is 14.3. The van der Waals surface area contributed by atoms with Gasteiger partial charge in [0.25, 0.3) is 0 Å². The fourth-order valence-electron chi connectivity index (χ4n) is 1.21. The third-order valence-corrected chi connectivity index (χ3v) is 3.54. The van der Waals surface area contributed by atoms with E-state index in [2.05, 4.69) is 4.18 Å². The summed E-state index contributed by atoms with van der Waals surface area (Å²) in [5, 5.41) is 8.36. The molecule has 0 atom stereocenters. The lowest BCUT2D eigenvalue weighted by molar-refractivity contribution is -0.149. The Morgan fingerprint density at radius 1 is 1.00 bits per heavy atom. The van der Waals surface area contributed by atoms with E-state index < -0.39 is 29.9 Å². The predicted molar refractivity (Wildman–Crippen MR) is 90.0 cm³/mol. The molecule has 0 aromatic heterocycles. The van der Waals surface area contributed by atoms with Crippen LogP contribution in [0.15, 0.2) is 0 Å². The van der Waals surface area contributed by atoms with Crippen molar-refractivity contribution in [3.05, 3.63) is 0 Å². The van der Waals surface area contributed by atoms with Crippen LogP contribution in [0.4, 0.5) is 4.79 Å². The average molecular weight is 413 g/mol. The van der Waals surface area contributed by atoms with Crippen LogP contribution >= 0.6 is 24.4 Å². The molecule has 0 aromatic rings. The van der Waals surface area contributed by atoms with Gasteiger partial charge in [0.1, 0.15) is 13.1 Å². The van der Waals surface area contributed by atoms with E-state index in [0.29, 0.717) is 12.1 Å². The van der Waals surface area contributed by atoms with Crippen LogP contribution in [0.25, 0.3) is 0 Å². The standard InChI is InChI=1S/C12H19N3O9S2/c1-4-22-8(16)6-15(7-9(17)23-5-2)26-14(3)12(21)24-25-13-10(18)11(19)20/h4-7H2,1-3H3,(H,13,18)(H,19,20). The molecular formula is C12H19N3O9S2. The van der Waals surface area contributed by atoms with E-state index >= 15 is 0 Å². The van der Waals surface area contributed by atoms with Crippen LogP contribution in [-0.2, 0) is 32.8 Å². The van der Waals surface area contributed by atoms with Crippen LogP contribution in [0.3, 0.4) is 0 Å². The number of hydrogen-bond donors (Lipinski definition) is 2. The zero-order chi connectivity index (χ0) is 20.1. The molecular weight excluding hydrogens is 394 g/mol. The molecule has 0 saturated carbocycles. The fourth-order valence-corrected chi connectivity index (χ4v) is 2.42. The molecule has 0 fully saturated rings. The molecule has 14 heteroatoms.